The topological polar surface area (TPSA) is 113 Å². The molecule has 0 saturated carbocycles. The predicted octanol–water partition coefficient (Wildman–Crippen LogP) is 1.51. The summed E-state index contributed by atoms with van der Waals surface area (Å²) in [7, 11) is 0. The van der Waals surface area contributed by atoms with Gasteiger partial charge in [0.2, 0.25) is 5.91 Å². The van der Waals surface area contributed by atoms with Gasteiger partial charge in [-0.1, -0.05) is 0 Å². The van der Waals surface area contributed by atoms with E-state index in [1.165, 1.54) is 0 Å². The summed E-state index contributed by atoms with van der Waals surface area (Å²) in [6.07, 6.45) is 1.97. The highest BCUT2D eigenvalue weighted by Gasteiger charge is 2.24. The number of rotatable bonds is 6. The Kier molecular flexibility index (Phi) is 5.77. The fourth-order valence-corrected chi connectivity index (χ4v) is 3.43. The van der Waals surface area contributed by atoms with Crippen LogP contribution in [0.2, 0.25) is 0 Å². The maximum atomic E-state index is 12.4. The Labute approximate surface area is 162 Å². The van der Waals surface area contributed by atoms with Gasteiger partial charge in [0.15, 0.2) is 0 Å². The van der Waals surface area contributed by atoms with Gasteiger partial charge in [-0.05, 0) is 62.9 Å². The number of aliphatic carboxylic acids is 1. The van der Waals surface area contributed by atoms with Crippen LogP contribution in [0.4, 0.5) is 0 Å². The van der Waals surface area contributed by atoms with Crippen LogP contribution in [0.1, 0.15) is 46.6 Å². The van der Waals surface area contributed by atoms with Crippen molar-refractivity contribution in [3.8, 4) is 5.69 Å². The third kappa shape index (κ3) is 4.21. The molecule has 3 rings (SSSR count). The molecule has 0 radical (unpaired) electrons. The van der Waals surface area contributed by atoms with Crippen LogP contribution < -0.4 is 10.6 Å². The summed E-state index contributed by atoms with van der Waals surface area (Å²) in [6, 6.07) is 6.47. The van der Waals surface area contributed by atoms with E-state index < -0.39 is 12.0 Å². The summed E-state index contributed by atoms with van der Waals surface area (Å²) in [5.74, 6) is -1.27. The lowest BCUT2D eigenvalue weighted by molar-refractivity contribution is -0.137. The Hall–Kier alpha value is -3.16. The van der Waals surface area contributed by atoms with E-state index in [0.717, 1.165) is 29.1 Å². The Morgan fingerprint density at radius 2 is 2.00 bits per heavy atom. The van der Waals surface area contributed by atoms with E-state index in [4.69, 9.17) is 5.11 Å². The van der Waals surface area contributed by atoms with E-state index in [9.17, 15) is 14.4 Å². The second kappa shape index (κ2) is 8.24. The van der Waals surface area contributed by atoms with Gasteiger partial charge in [-0.3, -0.25) is 14.4 Å². The van der Waals surface area contributed by atoms with Crippen LogP contribution >= 0.6 is 0 Å². The maximum Gasteiger partial charge on any atom is 0.303 e. The molecule has 0 unspecified atom stereocenters. The van der Waals surface area contributed by atoms with Crippen molar-refractivity contribution in [2.24, 2.45) is 0 Å². The molecular formula is C20H24N4O4. The third-order valence-electron chi connectivity index (χ3n) is 4.99. The third-order valence-corrected chi connectivity index (χ3v) is 4.99. The van der Waals surface area contributed by atoms with Gasteiger partial charge in [0.05, 0.1) is 11.4 Å². The van der Waals surface area contributed by atoms with E-state index in [2.05, 4.69) is 15.7 Å². The van der Waals surface area contributed by atoms with Crippen molar-refractivity contribution in [2.75, 3.05) is 6.54 Å². The molecule has 8 heteroatoms. The largest absolute Gasteiger partial charge is 0.481 e. The first-order valence-electron chi connectivity index (χ1n) is 9.32. The smallest absolute Gasteiger partial charge is 0.303 e. The lowest BCUT2D eigenvalue weighted by Crippen LogP contribution is -2.50. The molecule has 1 atom stereocenters. The zero-order valence-electron chi connectivity index (χ0n) is 16.0. The second-order valence-corrected chi connectivity index (χ2v) is 6.96. The first-order valence-corrected chi connectivity index (χ1v) is 9.32. The van der Waals surface area contributed by atoms with Crippen molar-refractivity contribution >= 4 is 17.8 Å². The average molecular weight is 384 g/mol. The van der Waals surface area contributed by atoms with E-state index in [-0.39, 0.29) is 18.2 Å². The maximum absolute atomic E-state index is 12.4. The van der Waals surface area contributed by atoms with Gasteiger partial charge in [-0.15, -0.1) is 0 Å². The molecule has 1 aliphatic rings. The number of nitrogens with one attached hydrogen (secondary N) is 2. The van der Waals surface area contributed by atoms with Crippen molar-refractivity contribution in [2.45, 2.75) is 45.6 Å². The first-order chi connectivity index (χ1) is 13.4. The molecule has 1 aromatic carbocycles. The molecule has 0 bridgehead atoms. The fraction of sp³-hybridized carbons (Fsp3) is 0.400. The van der Waals surface area contributed by atoms with Crippen LogP contribution in [0.15, 0.2) is 24.3 Å². The number of amides is 2. The number of nitrogens with zero attached hydrogens (tertiary/aromatic N) is 2. The molecule has 148 valence electrons. The Bertz CT molecular complexity index is 902. The summed E-state index contributed by atoms with van der Waals surface area (Å²) in [5.41, 5.74) is 3.86. The highest BCUT2D eigenvalue weighted by Crippen LogP contribution is 2.20. The lowest BCUT2D eigenvalue weighted by atomic mass is 10.1. The standard InChI is InChI=1S/C20H24N4O4/c1-12-16(9-10-18(25)26)13(2)24(23-12)15-7-5-14(6-8-15)19(27)22-17-4-3-11-21-20(17)28/h5-8,17H,3-4,9-11H2,1-2H3,(H,21,28)(H,22,27)(H,25,26)/t17-/m0/s1. The molecule has 0 spiro atoms. The molecule has 1 aliphatic heterocycles. The number of carbonyl (C=O) groups is 3. The molecule has 0 aliphatic carbocycles. The van der Waals surface area contributed by atoms with Gasteiger partial charge < -0.3 is 15.7 Å². The number of piperidine rings is 1. The summed E-state index contributed by atoms with van der Waals surface area (Å²) >= 11 is 0. The normalized spacial score (nSPS) is 16.5. The first kappa shape index (κ1) is 19.6. The molecule has 28 heavy (non-hydrogen) atoms. The van der Waals surface area contributed by atoms with Gasteiger partial charge in [-0.2, -0.15) is 5.10 Å². The van der Waals surface area contributed by atoms with E-state index in [1.807, 2.05) is 13.8 Å². The minimum Gasteiger partial charge on any atom is -0.481 e. The molecule has 2 amide bonds. The van der Waals surface area contributed by atoms with Crippen molar-refractivity contribution in [1.29, 1.82) is 0 Å². The number of hydrogen-bond acceptors (Lipinski definition) is 4. The van der Waals surface area contributed by atoms with Crippen LogP contribution in [-0.2, 0) is 16.0 Å². The van der Waals surface area contributed by atoms with Gasteiger partial charge in [-0.25, -0.2) is 4.68 Å². The second-order valence-electron chi connectivity index (χ2n) is 6.96. The number of aromatic nitrogens is 2. The minimum atomic E-state index is -0.839. The minimum absolute atomic E-state index is 0.0568. The molecule has 8 nitrogen and oxygen atoms in total. The van der Waals surface area contributed by atoms with Crippen LogP contribution in [0.5, 0.6) is 0 Å². The lowest BCUT2D eigenvalue weighted by Gasteiger charge is -2.22. The summed E-state index contributed by atoms with van der Waals surface area (Å²) in [5, 5.41) is 18.9. The summed E-state index contributed by atoms with van der Waals surface area (Å²) < 4.78 is 1.75. The molecule has 1 saturated heterocycles. The number of carbonyl (C=O) groups excluding carboxylic acids is 2. The van der Waals surface area contributed by atoms with Gasteiger partial charge in [0.25, 0.3) is 5.91 Å². The summed E-state index contributed by atoms with van der Waals surface area (Å²) in [6.45, 7) is 4.41. The van der Waals surface area contributed by atoms with Gasteiger partial charge in [0.1, 0.15) is 6.04 Å². The molecule has 2 aromatic rings. The number of aryl methyl sites for hydroxylation is 1. The Balaban J connectivity index is 1.73. The quantitative estimate of drug-likeness (QED) is 0.699. The Morgan fingerprint density at radius 3 is 2.64 bits per heavy atom. The van der Waals surface area contributed by atoms with Crippen LogP contribution in [-0.4, -0.2) is 45.3 Å². The van der Waals surface area contributed by atoms with E-state index in [0.29, 0.717) is 24.9 Å². The van der Waals surface area contributed by atoms with Crippen LogP contribution in [0.3, 0.4) is 0 Å². The molecule has 1 fully saturated rings. The number of benzene rings is 1. The monoisotopic (exact) mass is 384 g/mol. The van der Waals surface area contributed by atoms with E-state index >= 15 is 0 Å². The zero-order chi connectivity index (χ0) is 20.3. The SMILES string of the molecule is Cc1nn(-c2ccc(C(=O)N[C@H]3CCCNC3=O)cc2)c(C)c1CCC(=O)O. The molecule has 1 aromatic heterocycles. The van der Waals surface area contributed by atoms with Crippen molar-refractivity contribution < 1.29 is 19.5 Å². The number of hydrogen-bond donors (Lipinski definition) is 3. The van der Waals surface area contributed by atoms with Gasteiger partial charge in [0, 0.05) is 24.2 Å². The van der Waals surface area contributed by atoms with E-state index in [1.54, 1.807) is 28.9 Å². The fourth-order valence-electron chi connectivity index (χ4n) is 3.43. The van der Waals surface area contributed by atoms with Crippen molar-refractivity contribution in [3.05, 3.63) is 46.8 Å². The predicted molar refractivity (Wildman–Crippen MR) is 102 cm³/mol. The van der Waals surface area contributed by atoms with Crippen molar-refractivity contribution in [3.63, 3.8) is 0 Å². The summed E-state index contributed by atoms with van der Waals surface area (Å²) in [4.78, 5) is 35.1. The number of carboxylic acids is 1. The highest BCUT2D eigenvalue weighted by atomic mass is 16.4. The van der Waals surface area contributed by atoms with Crippen molar-refractivity contribution in [1.82, 2.24) is 20.4 Å². The van der Waals surface area contributed by atoms with Crippen LogP contribution in [0, 0.1) is 13.8 Å². The average Bonchev–Trinajstić information content (AvgIpc) is 2.95. The molecular weight excluding hydrogens is 360 g/mol. The van der Waals surface area contributed by atoms with Crippen LogP contribution in [0.25, 0.3) is 5.69 Å². The molecule has 3 N–H and O–H groups in total. The molecule has 2 heterocycles. The van der Waals surface area contributed by atoms with Gasteiger partial charge >= 0.3 is 5.97 Å². The highest BCUT2D eigenvalue weighted by molar-refractivity contribution is 5.97. The zero-order valence-corrected chi connectivity index (χ0v) is 16.0. The number of carboxylic acid groups (broad SMARTS) is 1. The Morgan fingerprint density at radius 1 is 1.29 bits per heavy atom.